The van der Waals surface area contributed by atoms with Gasteiger partial charge < -0.3 is 10.6 Å². The van der Waals surface area contributed by atoms with Gasteiger partial charge in [0.2, 0.25) is 0 Å². The summed E-state index contributed by atoms with van der Waals surface area (Å²) in [5.74, 6) is -0.105. The molecular formula is C20H23N3O2. The van der Waals surface area contributed by atoms with E-state index >= 15 is 0 Å². The van der Waals surface area contributed by atoms with Gasteiger partial charge in [-0.1, -0.05) is 35.9 Å². The number of urea groups is 1. The van der Waals surface area contributed by atoms with Crippen LogP contribution in [0.4, 0.5) is 10.5 Å². The summed E-state index contributed by atoms with van der Waals surface area (Å²) in [6, 6.07) is 13.7. The third-order valence-corrected chi connectivity index (χ3v) is 4.48. The molecule has 5 heteroatoms. The molecular weight excluding hydrogens is 314 g/mol. The van der Waals surface area contributed by atoms with Crippen molar-refractivity contribution in [3.8, 4) is 0 Å². The monoisotopic (exact) mass is 337 g/mol. The first kappa shape index (κ1) is 17.0. The summed E-state index contributed by atoms with van der Waals surface area (Å²) >= 11 is 0. The minimum Gasteiger partial charge on any atom is -0.352 e. The lowest BCUT2D eigenvalue weighted by atomic mass is 10.0. The zero-order chi connectivity index (χ0) is 17.8. The highest BCUT2D eigenvalue weighted by atomic mass is 16.2. The van der Waals surface area contributed by atoms with Crippen molar-refractivity contribution in [3.05, 3.63) is 64.7 Å². The van der Waals surface area contributed by atoms with Crippen molar-refractivity contribution in [2.75, 3.05) is 24.5 Å². The average Bonchev–Trinajstić information content (AvgIpc) is 3.01. The van der Waals surface area contributed by atoms with Gasteiger partial charge in [-0.05, 0) is 43.5 Å². The van der Waals surface area contributed by atoms with E-state index in [1.807, 2.05) is 25.1 Å². The number of rotatable bonds is 5. The van der Waals surface area contributed by atoms with Crippen LogP contribution in [0.2, 0.25) is 0 Å². The summed E-state index contributed by atoms with van der Waals surface area (Å²) in [6.07, 6.45) is 0.792. The summed E-state index contributed by atoms with van der Waals surface area (Å²) in [5.41, 5.74) is 4.66. The molecule has 3 amide bonds. The maximum absolute atomic E-state index is 12.5. The molecule has 0 saturated carbocycles. The smallest absolute Gasteiger partial charge is 0.322 e. The Kier molecular flexibility index (Phi) is 5.03. The van der Waals surface area contributed by atoms with E-state index in [1.165, 1.54) is 11.1 Å². The van der Waals surface area contributed by atoms with Crippen LogP contribution in [0.5, 0.6) is 0 Å². The Morgan fingerprint density at radius 2 is 2.00 bits per heavy atom. The third-order valence-electron chi connectivity index (χ3n) is 4.48. The fraction of sp³-hybridized carbons (Fsp3) is 0.300. The number of carbonyl (C=O) groups excluding carboxylic acids is 2. The van der Waals surface area contributed by atoms with Crippen molar-refractivity contribution < 1.29 is 9.59 Å². The second-order valence-electron chi connectivity index (χ2n) is 6.33. The molecule has 2 aromatic carbocycles. The van der Waals surface area contributed by atoms with Gasteiger partial charge in [-0.25, -0.2) is 4.79 Å². The Hall–Kier alpha value is -2.82. The molecule has 2 N–H and O–H groups in total. The van der Waals surface area contributed by atoms with Crippen LogP contribution >= 0.6 is 0 Å². The number of hydrogen-bond acceptors (Lipinski definition) is 2. The van der Waals surface area contributed by atoms with Gasteiger partial charge in [0, 0.05) is 30.9 Å². The fourth-order valence-corrected chi connectivity index (χ4v) is 3.15. The molecule has 0 bridgehead atoms. The zero-order valence-corrected chi connectivity index (χ0v) is 14.6. The summed E-state index contributed by atoms with van der Waals surface area (Å²) in [6.45, 7) is 5.78. The number of nitrogens with zero attached hydrogens (tertiary/aromatic N) is 1. The van der Waals surface area contributed by atoms with E-state index < -0.39 is 0 Å². The van der Waals surface area contributed by atoms with E-state index in [0.717, 1.165) is 17.7 Å². The van der Waals surface area contributed by atoms with Crippen LogP contribution in [0.1, 0.15) is 27.0 Å². The molecule has 25 heavy (non-hydrogen) atoms. The molecule has 0 aromatic heterocycles. The summed E-state index contributed by atoms with van der Waals surface area (Å²) in [5, 5.41) is 5.77. The molecule has 0 unspecified atom stereocenters. The molecule has 5 nitrogen and oxygen atoms in total. The minimum absolute atomic E-state index is 0.105. The highest BCUT2D eigenvalue weighted by Gasteiger charge is 2.24. The Morgan fingerprint density at radius 3 is 2.72 bits per heavy atom. The molecule has 0 spiro atoms. The number of aryl methyl sites for hydroxylation is 1. The molecule has 0 atom stereocenters. The van der Waals surface area contributed by atoms with Crippen molar-refractivity contribution in [1.29, 1.82) is 0 Å². The number of carbonyl (C=O) groups is 2. The number of benzene rings is 2. The Bertz CT molecular complexity index is 801. The second kappa shape index (κ2) is 7.38. The third kappa shape index (κ3) is 3.82. The van der Waals surface area contributed by atoms with E-state index in [-0.39, 0.29) is 11.9 Å². The van der Waals surface area contributed by atoms with E-state index in [2.05, 4.69) is 35.8 Å². The van der Waals surface area contributed by atoms with Gasteiger partial charge in [-0.2, -0.15) is 0 Å². The van der Waals surface area contributed by atoms with E-state index in [0.29, 0.717) is 25.2 Å². The average molecular weight is 337 g/mol. The van der Waals surface area contributed by atoms with Crippen molar-refractivity contribution in [1.82, 2.24) is 10.6 Å². The molecule has 1 saturated heterocycles. The Balaban J connectivity index is 1.67. The first-order chi connectivity index (χ1) is 12.1. The van der Waals surface area contributed by atoms with Crippen molar-refractivity contribution in [3.63, 3.8) is 0 Å². The highest BCUT2D eigenvalue weighted by molar-refractivity contribution is 6.00. The molecule has 3 rings (SSSR count). The zero-order valence-electron chi connectivity index (χ0n) is 14.6. The first-order valence-corrected chi connectivity index (χ1v) is 8.55. The topological polar surface area (TPSA) is 61.4 Å². The van der Waals surface area contributed by atoms with Crippen LogP contribution in [0, 0.1) is 13.8 Å². The maximum Gasteiger partial charge on any atom is 0.322 e. The van der Waals surface area contributed by atoms with E-state index in [9.17, 15) is 9.59 Å². The predicted octanol–water partition coefficient (Wildman–Crippen LogP) is 2.81. The fourth-order valence-electron chi connectivity index (χ4n) is 3.15. The first-order valence-electron chi connectivity index (χ1n) is 8.55. The van der Waals surface area contributed by atoms with Gasteiger partial charge in [-0.3, -0.25) is 9.69 Å². The molecule has 1 aliphatic rings. The highest BCUT2D eigenvalue weighted by Crippen LogP contribution is 2.24. The summed E-state index contributed by atoms with van der Waals surface area (Å²) in [7, 11) is 0. The molecule has 1 aliphatic heterocycles. The predicted molar refractivity (Wildman–Crippen MR) is 99.1 cm³/mol. The summed E-state index contributed by atoms with van der Waals surface area (Å²) < 4.78 is 0. The Morgan fingerprint density at radius 1 is 1.20 bits per heavy atom. The number of hydrogen-bond donors (Lipinski definition) is 2. The minimum atomic E-state index is -0.111. The molecule has 0 radical (unpaired) electrons. The SMILES string of the molecule is Cc1cccc(CCNC(=O)c2cccc(N3CCNC3=O)c2C)c1. The lowest BCUT2D eigenvalue weighted by Crippen LogP contribution is -2.30. The van der Waals surface area contributed by atoms with Gasteiger partial charge in [0.1, 0.15) is 0 Å². The van der Waals surface area contributed by atoms with Crippen LogP contribution in [0.15, 0.2) is 42.5 Å². The van der Waals surface area contributed by atoms with Gasteiger partial charge in [0.25, 0.3) is 5.91 Å². The van der Waals surface area contributed by atoms with Crippen LogP contribution < -0.4 is 15.5 Å². The van der Waals surface area contributed by atoms with Gasteiger partial charge in [0.05, 0.1) is 0 Å². The van der Waals surface area contributed by atoms with Crippen LogP contribution in [0.3, 0.4) is 0 Å². The normalized spacial score (nSPS) is 13.7. The second-order valence-corrected chi connectivity index (χ2v) is 6.33. The van der Waals surface area contributed by atoms with Crippen LogP contribution in [0.25, 0.3) is 0 Å². The van der Waals surface area contributed by atoms with Crippen LogP contribution in [-0.4, -0.2) is 31.6 Å². The molecule has 130 valence electrons. The standard InChI is InChI=1S/C20H23N3O2/c1-14-5-3-6-16(13-14)9-10-21-19(24)17-7-4-8-18(15(17)2)23-12-11-22-20(23)25/h3-8,13H,9-12H2,1-2H3,(H,21,24)(H,22,25). The quantitative estimate of drug-likeness (QED) is 0.881. The largest absolute Gasteiger partial charge is 0.352 e. The van der Waals surface area contributed by atoms with Crippen molar-refractivity contribution in [2.45, 2.75) is 20.3 Å². The lowest BCUT2D eigenvalue weighted by Gasteiger charge is -2.19. The number of amides is 3. The number of nitrogens with one attached hydrogen (secondary N) is 2. The van der Waals surface area contributed by atoms with Crippen LogP contribution in [-0.2, 0) is 6.42 Å². The molecule has 1 heterocycles. The van der Waals surface area contributed by atoms with E-state index in [1.54, 1.807) is 11.0 Å². The van der Waals surface area contributed by atoms with Gasteiger partial charge in [-0.15, -0.1) is 0 Å². The molecule has 0 aliphatic carbocycles. The maximum atomic E-state index is 12.5. The van der Waals surface area contributed by atoms with Gasteiger partial charge >= 0.3 is 6.03 Å². The molecule has 2 aromatic rings. The Labute approximate surface area is 148 Å². The van der Waals surface area contributed by atoms with Gasteiger partial charge in [0.15, 0.2) is 0 Å². The van der Waals surface area contributed by atoms with E-state index in [4.69, 9.17) is 0 Å². The van der Waals surface area contributed by atoms with Crippen molar-refractivity contribution >= 4 is 17.6 Å². The van der Waals surface area contributed by atoms with Crippen molar-refractivity contribution in [2.24, 2.45) is 0 Å². The number of anilines is 1. The molecule has 1 fully saturated rings. The summed E-state index contributed by atoms with van der Waals surface area (Å²) in [4.78, 5) is 26.1. The lowest BCUT2D eigenvalue weighted by molar-refractivity contribution is 0.0953.